The first-order valence-corrected chi connectivity index (χ1v) is 5.66. The minimum atomic E-state index is 0.00318. The van der Waals surface area contributed by atoms with Crippen molar-refractivity contribution in [1.82, 2.24) is 0 Å². The van der Waals surface area contributed by atoms with Gasteiger partial charge in [0.1, 0.15) is 13.2 Å². The van der Waals surface area contributed by atoms with Crippen molar-refractivity contribution in [3.8, 4) is 0 Å². The normalized spacial score (nSPS) is 11.1. The maximum absolute atomic E-state index is 11.2. The van der Waals surface area contributed by atoms with Crippen LogP contribution >= 0.6 is 0 Å². The van der Waals surface area contributed by atoms with Crippen molar-refractivity contribution in [1.29, 1.82) is 0 Å². The van der Waals surface area contributed by atoms with Crippen LogP contribution in [-0.2, 0) is 19.1 Å². The Kier molecular flexibility index (Phi) is 8.03. The summed E-state index contributed by atoms with van der Waals surface area (Å²) in [7, 11) is 0. The summed E-state index contributed by atoms with van der Waals surface area (Å²) in [6, 6.07) is 0. The molecule has 0 saturated heterocycles. The van der Waals surface area contributed by atoms with Crippen molar-refractivity contribution in [2.24, 2.45) is 11.8 Å². The smallest absolute Gasteiger partial charge is 0.160 e. The second-order valence-corrected chi connectivity index (χ2v) is 4.35. The first kappa shape index (κ1) is 15.3. The second-order valence-electron chi connectivity index (χ2n) is 4.35. The van der Waals surface area contributed by atoms with Crippen molar-refractivity contribution in [2.75, 3.05) is 26.4 Å². The van der Waals surface area contributed by atoms with Crippen LogP contribution in [0.5, 0.6) is 0 Å². The summed E-state index contributed by atoms with van der Waals surface area (Å²) in [5.41, 5.74) is 0. The molecular weight excluding hydrogens is 208 g/mol. The average Bonchev–Trinajstić information content (AvgIpc) is 2.21. The van der Waals surface area contributed by atoms with Gasteiger partial charge in [0.05, 0.1) is 13.2 Å². The molecule has 0 atom stereocenters. The van der Waals surface area contributed by atoms with Crippen LogP contribution in [-0.4, -0.2) is 38.0 Å². The lowest BCUT2D eigenvalue weighted by atomic mass is 10.1. The summed E-state index contributed by atoms with van der Waals surface area (Å²) in [6.45, 7) is 8.30. The van der Waals surface area contributed by atoms with Crippen LogP contribution in [0.1, 0.15) is 27.7 Å². The van der Waals surface area contributed by atoms with Crippen LogP contribution in [0.2, 0.25) is 0 Å². The lowest BCUT2D eigenvalue weighted by molar-refractivity contribution is -0.130. The van der Waals surface area contributed by atoms with E-state index in [1.165, 1.54) is 0 Å². The number of Topliss-reactive ketones (excluding diaryl/α,β-unsaturated/α-hetero) is 2. The van der Waals surface area contributed by atoms with E-state index in [-0.39, 0.29) is 36.6 Å². The van der Waals surface area contributed by atoms with E-state index in [0.717, 1.165) is 0 Å². The summed E-state index contributed by atoms with van der Waals surface area (Å²) in [5.74, 6) is 0.170. The third kappa shape index (κ3) is 7.54. The lowest BCUT2D eigenvalue weighted by Gasteiger charge is -2.07. The summed E-state index contributed by atoms with van der Waals surface area (Å²) in [5, 5.41) is 0. The van der Waals surface area contributed by atoms with Crippen LogP contribution in [0.4, 0.5) is 0 Å². The molecule has 0 rings (SSSR count). The topological polar surface area (TPSA) is 52.6 Å². The van der Waals surface area contributed by atoms with Crippen molar-refractivity contribution < 1.29 is 19.1 Å². The van der Waals surface area contributed by atoms with E-state index in [1.807, 2.05) is 27.7 Å². The Hall–Kier alpha value is -0.740. The Bertz CT molecular complexity index is 197. The highest BCUT2D eigenvalue weighted by molar-refractivity contribution is 5.81. The van der Waals surface area contributed by atoms with Gasteiger partial charge in [-0.25, -0.2) is 0 Å². The minimum Gasteiger partial charge on any atom is -0.371 e. The van der Waals surface area contributed by atoms with Crippen LogP contribution in [0.25, 0.3) is 0 Å². The third-order valence-electron chi connectivity index (χ3n) is 2.15. The molecule has 0 bridgehead atoms. The van der Waals surface area contributed by atoms with E-state index in [1.54, 1.807) is 0 Å². The standard InChI is InChI=1S/C12H22O4/c1-9(2)11(13)7-15-5-6-16-8-12(14)10(3)4/h9-10H,5-8H2,1-4H3. The molecule has 0 amide bonds. The average molecular weight is 230 g/mol. The number of hydrogen-bond acceptors (Lipinski definition) is 4. The third-order valence-corrected chi connectivity index (χ3v) is 2.15. The highest BCUT2D eigenvalue weighted by Gasteiger charge is 2.08. The molecule has 0 saturated carbocycles. The van der Waals surface area contributed by atoms with Gasteiger partial charge < -0.3 is 9.47 Å². The molecule has 0 heterocycles. The molecule has 94 valence electrons. The quantitative estimate of drug-likeness (QED) is 0.563. The number of rotatable bonds is 9. The van der Waals surface area contributed by atoms with Crippen molar-refractivity contribution in [3.05, 3.63) is 0 Å². The van der Waals surface area contributed by atoms with E-state index in [9.17, 15) is 9.59 Å². The molecule has 0 unspecified atom stereocenters. The van der Waals surface area contributed by atoms with E-state index >= 15 is 0 Å². The van der Waals surface area contributed by atoms with Gasteiger partial charge in [-0.05, 0) is 0 Å². The van der Waals surface area contributed by atoms with Crippen LogP contribution in [0.3, 0.4) is 0 Å². The summed E-state index contributed by atoms with van der Waals surface area (Å²) >= 11 is 0. The van der Waals surface area contributed by atoms with Crippen LogP contribution in [0, 0.1) is 11.8 Å². The maximum Gasteiger partial charge on any atom is 0.160 e. The van der Waals surface area contributed by atoms with E-state index in [4.69, 9.17) is 9.47 Å². The molecule has 4 nitrogen and oxygen atoms in total. The molecule has 4 heteroatoms. The van der Waals surface area contributed by atoms with Gasteiger partial charge in [0.25, 0.3) is 0 Å². The molecule has 0 radical (unpaired) electrons. The van der Waals surface area contributed by atoms with Crippen molar-refractivity contribution in [3.63, 3.8) is 0 Å². The fraction of sp³-hybridized carbons (Fsp3) is 0.833. The van der Waals surface area contributed by atoms with Gasteiger partial charge in [-0.15, -0.1) is 0 Å². The monoisotopic (exact) mass is 230 g/mol. The van der Waals surface area contributed by atoms with Gasteiger partial charge >= 0.3 is 0 Å². The zero-order chi connectivity index (χ0) is 12.6. The molecule has 0 aromatic rings. The molecule has 0 aliphatic carbocycles. The Morgan fingerprint density at radius 3 is 1.38 bits per heavy atom. The van der Waals surface area contributed by atoms with Crippen molar-refractivity contribution >= 4 is 11.6 Å². The fourth-order valence-electron chi connectivity index (χ4n) is 0.797. The summed E-state index contributed by atoms with van der Waals surface area (Å²) in [6.07, 6.45) is 0. The Balaban J connectivity index is 3.35. The first-order valence-electron chi connectivity index (χ1n) is 5.66. The van der Waals surface area contributed by atoms with Crippen LogP contribution < -0.4 is 0 Å². The molecule has 16 heavy (non-hydrogen) atoms. The van der Waals surface area contributed by atoms with Gasteiger partial charge in [0.2, 0.25) is 0 Å². The van der Waals surface area contributed by atoms with E-state index in [2.05, 4.69) is 0 Å². The highest BCUT2D eigenvalue weighted by Crippen LogP contribution is 1.96. The van der Waals surface area contributed by atoms with Crippen molar-refractivity contribution in [2.45, 2.75) is 27.7 Å². The second kappa shape index (κ2) is 8.42. The SMILES string of the molecule is CC(C)C(=O)COCCOCC(=O)C(C)C. The number of carbonyl (C=O) groups excluding carboxylic acids is 2. The summed E-state index contributed by atoms with van der Waals surface area (Å²) < 4.78 is 10.2. The largest absolute Gasteiger partial charge is 0.371 e. The minimum absolute atomic E-state index is 0.00318. The molecule has 0 fully saturated rings. The molecule has 0 aromatic heterocycles. The van der Waals surface area contributed by atoms with Gasteiger partial charge in [0, 0.05) is 11.8 Å². The predicted octanol–water partition coefficient (Wildman–Crippen LogP) is 1.47. The number of ketones is 2. The molecule has 0 aromatic carbocycles. The molecule has 0 N–H and O–H groups in total. The Morgan fingerprint density at radius 2 is 1.12 bits per heavy atom. The zero-order valence-electron chi connectivity index (χ0n) is 10.6. The zero-order valence-corrected chi connectivity index (χ0v) is 10.6. The highest BCUT2D eigenvalue weighted by atomic mass is 16.5. The maximum atomic E-state index is 11.2. The molecule has 0 spiro atoms. The lowest BCUT2D eigenvalue weighted by Crippen LogP contribution is -2.19. The van der Waals surface area contributed by atoms with Gasteiger partial charge in [-0.2, -0.15) is 0 Å². The number of carbonyl (C=O) groups is 2. The summed E-state index contributed by atoms with van der Waals surface area (Å²) in [4.78, 5) is 22.3. The van der Waals surface area contributed by atoms with Crippen LogP contribution in [0.15, 0.2) is 0 Å². The Morgan fingerprint density at radius 1 is 0.812 bits per heavy atom. The fourth-order valence-corrected chi connectivity index (χ4v) is 0.797. The van der Waals surface area contributed by atoms with Gasteiger partial charge in [-0.1, -0.05) is 27.7 Å². The Labute approximate surface area is 97.3 Å². The van der Waals surface area contributed by atoms with E-state index in [0.29, 0.717) is 13.2 Å². The first-order chi connectivity index (χ1) is 7.45. The predicted molar refractivity (Wildman–Crippen MR) is 61.3 cm³/mol. The molecular formula is C12H22O4. The number of hydrogen-bond donors (Lipinski definition) is 0. The van der Waals surface area contributed by atoms with E-state index < -0.39 is 0 Å². The number of ether oxygens (including phenoxy) is 2. The van der Waals surface area contributed by atoms with Gasteiger partial charge in [0.15, 0.2) is 11.6 Å². The molecule has 0 aliphatic heterocycles. The van der Waals surface area contributed by atoms with Gasteiger partial charge in [-0.3, -0.25) is 9.59 Å². The molecule has 0 aliphatic rings.